The van der Waals surface area contributed by atoms with Gasteiger partial charge in [0, 0.05) is 6.04 Å². The summed E-state index contributed by atoms with van der Waals surface area (Å²) in [5.74, 6) is 0.497. The van der Waals surface area contributed by atoms with E-state index in [9.17, 15) is 8.42 Å². The molecule has 3 nitrogen and oxygen atoms in total. The largest absolute Gasteiger partial charge is 0.240 e. The van der Waals surface area contributed by atoms with Gasteiger partial charge in [0.1, 0.15) is 0 Å². The van der Waals surface area contributed by atoms with Crippen LogP contribution in [0, 0.1) is 5.92 Å². The number of benzene rings is 1. The predicted molar refractivity (Wildman–Crippen MR) is 77.4 cm³/mol. The summed E-state index contributed by atoms with van der Waals surface area (Å²) in [5.41, 5.74) is 0. The highest BCUT2D eigenvalue weighted by atomic mass is 32.2. The minimum atomic E-state index is -3.37. The van der Waals surface area contributed by atoms with E-state index in [1.807, 2.05) is 6.07 Å². The van der Waals surface area contributed by atoms with Gasteiger partial charge in [0.25, 0.3) is 0 Å². The van der Waals surface area contributed by atoms with Gasteiger partial charge in [-0.2, -0.15) is 0 Å². The average Bonchev–Trinajstić information content (AvgIpc) is 2.47. The molecule has 1 aromatic carbocycles. The van der Waals surface area contributed by atoms with Gasteiger partial charge in [0.05, 0.1) is 4.90 Å². The van der Waals surface area contributed by atoms with Crippen molar-refractivity contribution < 1.29 is 8.42 Å². The van der Waals surface area contributed by atoms with Gasteiger partial charge in [-0.3, -0.25) is 0 Å². The highest BCUT2D eigenvalue weighted by molar-refractivity contribution is 7.89. The molecule has 19 heavy (non-hydrogen) atoms. The fourth-order valence-corrected chi connectivity index (χ4v) is 4.33. The molecular formula is C15H23NO2S. The van der Waals surface area contributed by atoms with E-state index in [0.29, 0.717) is 10.8 Å². The first kappa shape index (κ1) is 14.5. The molecule has 0 saturated heterocycles. The number of sulfonamides is 1. The molecule has 1 saturated carbocycles. The van der Waals surface area contributed by atoms with Crippen LogP contribution in [0.4, 0.5) is 0 Å². The molecule has 4 heteroatoms. The lowest BCUT2D eigenvalue weighted by Crippen LogP contribution is -2.40. The highest BCUT2D eigenvalue weighted by Gasteiger charge is 2.26. The van der Waals surface area contributed by atoms with Gasteiger partial charge in [-0.25, -0.2) is 13.1 Å². The SMILES string of the molecule is CCC(NS(=O)(=O)c1ccccc1)C1CCCCC1. The Balaban J connectivity index is 2.09. The second-order valence-electron chi connectivity index (χ2n) is 5.35. The summed E-state index contributed by atoms with van der Waals surface area (Å²) < 4.78 is 27.6. The quantitative estimate of drug-likeness (QED) is 0.900. The molecule has 2 rings (SSSR count). The molecule has 1 aromatic rings. The molecular weight excluding hydrogens is 258 g/mol. The minimum absolute atomic E-state index is 0.0745. The van der Waals surface area contributed by atoms with Crippen LogP contribution in [-0.4, -0.2) is 14.5 Å². The molecule has 1 unspecified atom stereocenters. The summed E-state index contributed by atoms with van der Waals surface area (Å²) in [6, 6.07) is 8.72. The van der Waals surface area contributed by atoms with E-state index in [1.54, 1.807) is 24.3 Å². The molecule has 0 aromatic heterocycles. The van der Waals surface area contributed by atoms with E-state index < -0.39 is 10.0 Å². The van der Waals surface area contributed by atoms with Crippen LogP contribution in [0.15, 0.2) is 35.2 Å². The first-order valence-electron chi connectivity index (χ1n) is 7.21. The lowest BCUT2D eigenvalue weighted by atomic mass is 9.83. The van der Waals surface area contributed by atoms with Crippen LogP contribution in [0.1, 0.15) is 45.4 Å². The Kier molecular flexibility index (Phi) is 4.99. The third-order valence-electron chi connectivity index (χ3n) is 4.02. The third kappa shape index (κ3) is 3.80. The molecule has 0 bridgehead atoms. The van der Waals surface area contributed by atoms with Crippen molar-refractivity contribution >= 4 is 10.0 Å². The van der Waals surface area contributed by atoms with Crippen LogP contribution < -0.4 is 4.72 Å². The zero-order chi connectivity index (χ0) is 13.7. The van der Waals surface area contributed by atoms with E-state index in [1.165, 1.54) is 19.3 Å². The van der Waals surface area contributed by atoms with Crippen LogP contribution in [0.25, 0.3) is 0 Å². The maximum absolute atomic E-state index is 12.3. The van der Waals surface area contributed by atoms with E-state index >= 15 is 0 Å². The Bertz CT molecular complexity index is 478. The van der Waals surface area contributed by atoms with E-state index in [4.69, 9.17) is 0 Å². The molecule has 1 aliphatic rings. The molecule has 1 N–H and O–H groups in total. The molecule has 0 amide bonds. The van der Waals surface area contributed by atoms with Gasteiger partial charge in [-0.1, -0.05) is 44.4 Å². The van der Waals surface area contributed by atoms with Gasteiger partial charge in [0.2, 0.25) is 10.0 Å². The minimum Gasteiger partial charge on any atom is -0.208 e. The maximum atomic E-state index is 12.3. The first-order valence-corrected chi connectivity index (χ1v) is 8.69. The van der Waals surface area contributed by atoms with Gasteiger partial charge in [0.15, 0.2) is 0 Å². The van der Waals surface area contributed by atoms with Crippen molar-refractivity contribution in [3.8, 4) is 0 Å². The summed E-state index contributed by atoms with van der Waals surface area (Å²) in [6.07, 6.45) is 6.91. The summed E-state index contributed by atoms with van der Waals surface area (Å²) in [5, 5.41) is 0. The number of hydrogen-bond acceptors (Lipinski definition) is 2. The van der Waals surface area contributed by atoms with Gasteiger partial charge in [-0.15, -0.1) is 0 Å². The van der Waals surface area contributed by atoms with Crippen LogP contribution in [-0.2, 0) is 10.0 Å². The van der Waals surface area contributed by atoms with E-state index in [0.717, 1.165) is 19.3 Å². The number of nitrogens with one attached hydrogen (secondary N) is 1. The van der Waals surface area contributed by atoms with Crippen molar-refractivity contribution in [2.75, 3.05) is 0 Å². The molecule has 0 spiro atoms. The lowest BCUT2D eigenvalue weighted by Gasteiger charge is -2.30. The van der Waals surface area contributed by atoms with E-state index in [-0.39, 0.29) is 6.04 Å². The standard InChI is InChI=1S/C15H23NO2S/c1-2-15(13-9-5-3-6-10-13)16-19(17,18)14-11-7-4-8-12-14/h4,7-8,11-13,15-16H,2-3,5-6,9-10H2,1H3. The first-order chi connectivity index (χ1) is 9.13. The van der Waals surface area contributed by atoms with Crippen molar-refractivity contribution in [1.82, 2.24) is 4.72 Å². The Morgan fingerprint density at radius 2 is 1.79 bits per heavy atom. The van der Waals surface area contributed by atoms with Crippen molar-refractivity contribution in [2.24, 2.45) is 5.92 Å². The van der Waals surface area contributed by atoms with Gasteiger partial charge < -0.3 is 0 Å². The predicted octanol–water partition coefficient (Wildman–Crippen LogP) is 3.32. The second-order valence-corrected chi connectivity index (χ2v) is 7.06. The summed E-state index contributed by atoms with van der Waals surface area (Å²) in [7, 11) is -3.37. The van der Waals surface area contributed by atoms with Crippen LogP contribution in [0.2, 0.25) is 0 Å². The van der Waals surface area contributed by atoms with Crippen LogP contribution in [0.3, 0.4) is 0 Å². The monoisotopic (exact) mass is 281 g/mol. The highest BCUT2D eigenvalue weighted by Crippen LogP contribution is 2.28. The third-order valence-corrected chi connectivity index (χ3v) is 5.52. The second kappa shape index (κ2) is 6.53. The van der Waals surface area contributed by atoms with Gasteiger partial charge in [-0.05, 0) is 37.3 Å². The molecule has 106 valence electrons. The molecule has 0 heterocycles. The zero-order valence-corrected chi connectivity index (χ0v) is 12.3. The lowest BCUT2D eigenvalue weighted by molar-refractivity contribution is 0.285. The van der Waals surface area contributed by atoms with E-state index in [2.05, 4.69) is 11.6 Å². The Morgan fingerprint density at radius 1 is 1.16 bits per heavy atom. The molecule has 0 radical (unpaired) electrons. The Morgan fingerprint density at radius 3 is 2.37 bits per heavy atom. The summed E-state index contributed by atoms with van der Waals surface area (Å²) >= 11 is 0. The molecule has 1 fully saturated rings. The number of hydrogen-bond donors (Lipinski definition) is 1. The summed E-state index contributed by atoms with van der Waals surface area (Å²) in [6.45, 7) is 2.06. The molecule has 1 aliphatic carbocycles. The molecule has 1 atom stereocenters. The van der Waals surface area contributed by atoms with Crippen LogP contribution >= 0.6 is 0 Å². The Labute approximate surface area is 116 Å². The topological polar surface area (TPSA) is 46.2 Å². The van der Waals surface area contributed by atoms with Crippen molar-refractivity contribution in [3.63, 3.8) is 0 Å². The molecule has 0 aliphatic heterocycles. The summed E-state index contributed by atoms with van der Waals surface area (Å²) in [4.78, 5) is 0.365. The average molecular weight is 281 g/mol. The fraction of sp³-hybridized carbons (Fsp3) is 0.600. The Hall–Kier alpha value is -0.870. The van der Waals surface area contributed by atoms with Crippen LogP contribution in [0.5, 0.6) is 0 Å². The maximum Gasteiger partial charge on any atom is 0.240 e. The normalized spacial score (nSPS) is 19.2. The van der Waals surface area contributed by atoms with Crippen molar-refractivity contribution in [1.29, 1.82) is 0 Å². The fourth-order valence-electron chi connectivity index (χ4n) is 2.92. The van der Waals surface area contributed by atoms with Crippen molar-refractivity contribution in [3.05, 3.63) is 30.3 Å². The smallest absolute Gasteiger partial charge is 0.208 e. The van der Waals surface area contributed by atoms with Gasteiger partial charge >= 0.3 is 0 Å². The number of rotatable bonds is 5. The van der Waals surface area contributed by atoms with Crippen molar-refractivity contribution in [2.45, 2.75) is 56.4 Å². The zero-order valence-electron chi connectivity index (χ0n) is 11.5.